The number of ether oxygens (including phenoxy) is 1. The van der Waals surface area contributed by atoms with E-state index in [4.69, 9.17) is 0 Å². The second-order valence-corrected chi connectivity index (χ2v) is 7.00. The Labute approximate surface area is 134 Å². The van der Waals surface area contributed by atoms with Crippen molar-refractivity contribution in [1.29, 1.82) is 0 Å². The summed E-state index contributed by atoms with van der Waals surface area (Å²) in [7, 11) is 0. The maximum Gasteiger partial charge on any atom is 0.387 e. The van der Waals surface area contributed by atoms with E-state index in [2.05, 4.69) is 24.7 Å². The second kappa shape index (κ2) is 6.27. The van der Waals surface area contributed by atoms with Gasteiger partial charge in [-0.1, -0.05) is 43.7 Å². The van der Waals surface area contributed by atoms with Crippen molar-refractivity contribution in [2.45, 2.75) is 46.8 Å². The Morgan fingerprint density at radius 3 is 2.52 bits per heavy atom. The van der Waals surface area contributed by atoms with Gasteiger partial charge in [-0.3, -0.25) is 4.74 Å². The number of benzene rings is 1. The van der Waals surface area contributed by atoms with Crippen molar-refractivity contribution in [3.63, 3.8) is 0 Å². The third kappa shape index (κ3) is 4.14. The minimum absolute atomic E-state index is 0.120. The highest BCUT2D eigenvalue weighted by Gasteiger charge is 2.55. The standard InChI is InChI=1S/C18H22F4O/c1-11(2)8-14-15(17(14,3)4)10-12-6-5-7-13(9-12)18(21,22)23-16(19)20/h5-9,14-16H,10H2,1-4H3. The lowest BCUT2D eigenvalue weighted by Crippen LogP contribution is -2.21. The number of hydrogen-bond acceptors (Lipinski definition) is 1. The highest BCUT2D eigenvalue weighted by molar-refractivity contribution is 5.29. The van der Waals surface area contributed by atoms with Crippen molar-refractivity contribution >= 4 is 0 Å². The molecule has 2 atom stereocenters. The molecule has 0 saturated heterocycles. The zero-order valence-corrected chi connectivity index (χ0v) is 13.7. The normalized spacial score (nSPS) is 23.0. The predicted octanol–water partition coefficient (Wildman–Crippen LogP) is 5.76. The van der Waals surface area contributed by atoms with Gasteiger partial charge in [0.15, 0.2) is 0 Å². The van der Waals surface area contributed by atoms with Crippen molar-refractivity contribution in [1.82, 2.24) is 0 Å². The summed E-state index contributed by atoms with van der Waals surface area (Å²) >= 11 is 0. The maximum atomic E-state index is 13.6. The van der Waals surface area contributed by atoms with Gasteiger partial charge in [0.05, 0.1) is 5.56 Å². The van der Waals surface area contributed by atoms with E-state index in [1.165, 1.54) is 17.7 Å². The molecule has 5 heteroatoms. The van der Waals surface area contributed by atoms with Gasteiger partial charge in [-0.15, -0.1) is 0 Å². The molecule has 2 unspecified atom stereocenters. The molecule has 1 aliphatic rings. The first kappa shape index (κ1) is 18.0. The lowest BCUT2D eigenvalue weighted by atomic mass is 10.0. The van der Waals surface area contributed by atoms with Crippen LogP contribution in [0, 0.1) is 17.3 Å². The largest absolute Gasteiger partial charge is 0.387 e. The number of halogens is 4. The molecule has 1 aliphatic carbocycles. The Balaban J connectivity index is 2.14. The van der Waals surface area contributed by atoms with Gasteiger partial charge >= 0.3 is 12.7 Å². The topological polar surface area (TPSA) is 9.23 Å². The van der Waals surface area contributed by atoms with Crippen LogP contribution in [0.1, 0.15) is 38.8 Å². The highest BCUT2D eigenvalue weighted by atomic mass is 19.3. The zero-order chi connectivity index (χ0) is 17.4. The lowest BCUT2D eigenvalue weighted by molar-refractivity contribution is -0.328. The van der Waals surface area contributed by atoms with E-state index in [-0.39, 0.29) is 5.41 Å². The molecule has 0 aromatic heterocycles. The molecule has 0 spiro atoms. The summed E-state index contributed by atoms with van der Waals surface area (Å²) in [6.45, 7) is 4.86. The van der Waals surface area contributed by atoms with Gasteiger partial charge < -0.3 is 0 Å². The quantitative estimate of drug-likeness (QED) is 0.476. The van der Waals surface area contributed by atoms with Gasteiger partial charge in [-0.2, -0.15) is 17.6 Å². The molecular weight excluding hydrogens is 308 g/mol. The summed E-state index contributed by atoms with van der Waals surface area (Å²) in [6.07, 6.45) is -1.13. The van der Waals surface area contributed by atoms with Crippen LogP contribution < -0.4 is 0 Å². The molecule has 1 aromatic rings. The monoisotopic (exact) mass is 330 g/mol. The van der Waals surface area contributed by atoms with Crippen LogP contribution in [-0.2, 0) is 17.3 Å². The van der Waals surface area contributed by atoms with Crippen LogP contribution in [-0.4, -0.2) is 6.61 Å². The van der Waals surface area contributed by atoms with E-state index in [0.717, 1.165) is 6.07 Å². The third-order valence-corrected chi connectivity index (χ3v) is 4.61. The van der Waals surface area contributed by atoms with E-state index in [0.29, 0.717) is 23.8 Å². The van der Waals surface area contributed by atoms with Gasteiger partial charge in [0.2, 0.25) is 0 Å². The molecule has 0 aliphatic heterocycles. The first-order chi connectivity index (χ1) is 10.5. The maximum absolute atomic E-state index is 13.6. The van der Waals surface area contributed by atoms with E-state index in [1.807, 2.05) is 13.8 Å². The minimum Gasteiger partial charge on any atom is -0.254 e. The van der Waals surface area contributed by atoms with Crippen molar-refractivity contribution < 1.29 is 22.3 Å². The molecule has 1 nitrogen and oxygen atoms in total. The Kier molecular flexibility index (Phi) is 4.90. The Hall–Kier alpha value is -1.36. The molecule has 23 heavy (non-hydrogen) atoms. The van der Waals surface area contributed by atoms with E-state index in [9.17, 15) is 17.6 Å². The number of allylic oxidation sites excluding steroid dienone is 2. The van der Waals surface area contributed by atoms with Crippen LogP contribution >= 0.6 is 0 Å². The van der Waals surface area contributed by atoms with E-state index in [1.54, 1.807) is 6.07 Å². The van der Waals surface area contributed by atoms with Crippen molar-refractivity contribution in [2.75, 3.05) is 0 Å². The van der Waals surface area contributed by atoms with E-state index >= 15 is 0 Å². The van der Waals surface area contributed by atoms with Crippen molar-refractivity contribution in [2.24, 2.45) is 17.3 Å². The summed E-state index contributed by atoms with van der Waals surface area (Å²) in [6, 6.07) is 5.57. The molecule has 0 N–H and O–H groups in total. The lowest BCUT2D eigenvalue weighted by Gasteiger charge is -2.17. The fourth-order valence-corrected chi connectivity index (χ4v) is 3.18. The molecule has 1 fully saturated rings. The van der Waals surface area contributed by atoms with Crippen LogP contribution in [0.5, 0.6) is 0 Å². The Morgan fingerprint density at radius 2 is 1.96 bits per heavy atom. The summed E-state index contributed by atoms with van der Waals surface area (Å²) in [5.41, 5.74) is 1.53. The van der Waals surface area contributed by atoms with Crippen LogP contribution in [0.2, 0.25) is 0 Å². The van der Waals surface area contributed by atoms with E-state index < -0.39 is 18.3 Å². The molecule has 1 saturated carbocycles. The molecule has 0 amide bonds. The molecule has 2 rings (SSSR count). The Morgan fingerprint density at radius 1 is 1.30 bits per heavy atom. The predicted molar refractivity (Wildman–Crippen MR) is 81.3 cm³/mol. The van der Waals surface area contributed by atoms with Crippen LogP contribution in [0.25, 0.3) is 0 Å². The Bertz CT molecular complexity index is 588. The van der Waals surface area contributed by atoms with Gasteiger partial charge in [0.25, 0.3) is 0 Å². The average Bonchev–Trinajstić information content (AvgIpc) is 2.88. The highest BCUT2D eigenvalue weighted by Crippen LogP contribution is 2.60. The summed E-state index contributed by atoms with van der Waals surface area (Å²) in [5, 5.41) is 0. The molecular formula is C18H22F4O. The van der Waals surface area contributed by atoms with Crippen LogP contribution in [0.4, 0.5) is 17.6 Å². The first-order valence-electron chi connectivity index (χ1n) is 7.62. The number of rotatable bonds is 6. The summed E-state index contributed by atoms with van der Waals surface area (Å²) < 4.78 is 54.9. The summed E-state index contributed by atoms with van der Waals surface area (Å²) in [5.74, 6) is 0.770. The van der Waals surface area contributed by atoms with Crippen molar-refractivity contribution in [3.8, 4) is 0 Å². The van der Waals surface area contributed by atoms with Gasteiger partial charge in [0.1, 0.15) is 0 Å². The van der Waals surface area contributed by atoms with Crippen molar-refractivity contribution in [3.05, 3.63) is 47.0 Å². The van der Waals surface area contributed by atoms with Crippen LogP contribution in [0.3, 0.4) is 0 Å². The SMILES string of the molecule is CC(C)=CC1C(Cc2cccc(C(F)(F)OC(F)F)c2)C1(C)C. The fourth-order valence-electron chi connectivity index (χ4n) is 3.18. The van der Waals surface area contributed by atoms with Gasteiger partial charge in [0, 0.05) is 0 Å². The fraction of sp³-hybridized carbons (Fsp3) is 0.556. The molecule has 0 heterocycles. The minimum atomic E-state index is -3.98. The number of hydrogen-bond donors (Lipinski definition) is 0. The smallest absolute Gasteiger partial charge is 0.254 e. The molecule has 1 aromatic carbocycles. The number of alkyl halides is 4. The first-order valence-corrected chi connectivity index (χ1v) is 7.62. The molecule has 0 bridgehead atoms. The molecule has 128 valence electrons. The third-order valence-electron chi connectivity index (χ3n) is 4.61. The molecule has 0 radical (unpaired) electrons. The zero-order valence-electron chi connectivity index (χ0n) is 13.7. The summed E-state index contributed by atoms with van der Waals surface area (Å²) in [4.78, 5) is 0. The van der Waals surface area contributed by atoms with Gasteiger partial charge in [-0.05, 0) is 49.1 Å². The van der Waals surface area contributed by atoms with Gasteiger partial charge in [-0.25, -0.2) is 0 Å². The van der Waals surface area contributed by atoms with Crippen LogP contribution in [0.15, 0.2) is 35.9 Å². The average molecular weight is 330 g/mol. The second-order valence-electron chi connectivity index (χ2n) is 7.00.